The monoisotopic (exact) mass is 428 g/mol. The summed E-state index contributed by atoms with van der Waals surface area (Å²) in [6.07, 6.45) is 0.0978. The van der Waals surface area contributed by atoms with Crippen LogP contribution in [0.15, 0.2) is 48.5 Å². The zero-order valence-electron chi connectivity index (χ0n) is 17.6. The predicted octanol–water partition coefficient (Wildman–Crippen LogP) is 3.20. The normalized spacial score (nSPS) is 13.6. The molecular weight excluding hydrogens is 400 g/mol. The highest BCUT2D eigenvalue weighted by molar-refractivity contribution is 5.81. The Kier molecular flexibility index (Phi) is 8.57. The van der Waals surface area contributed by atoms with Crippen molar-refractivity contribution in [3.05, 3.63) is 59.7 Å². The quantitative estimate of drug-likeness (QED) is 0.531. The fraction of sp³-hybridized carbons (Fsp3) is 0.348. The number of carboxylic acid groups (broad SMARTS) is 2. The van der Waals surface area contributed by atoms with E-state index in [1.165, 1.54) is 0 Å². The molecule has 2 unspecified atom stereocenters. The molecule has 1 aliphatic rings. The summed E-state index contributed by atoms with van der Waals surface area (Å²) >= 11 is 0. The number of amides is 1. The maximum absolute atomic E-state index is 11.9. The Morgan fingerprint density at radius 1 is 0.935 bits per heavy atom. The van der Waals surface area contributed by atoms with Gasteiger partial charge in [-0.2, -0.15) is 0 Å². The minimum Gasteiger partial charge on any atom is -0.480 e. The summed E-state index contributed by atoms with van der Waals surface area (Å²) in [4.78, 5) is 32.7. The average Bonchev–Trinajstić information content (AvgIpc) is 3.09. The standard InChI is InChI=1S/C19H19NO4.C4H9NO2/c1-2-17(18(21)22)20-19(23)24-11-16-14-9-5-3-7-12(14)13-8-4-6-10-15(13)16;1-2-3(5)4(6)7/h3-10,16-17H,2,11H2,1H3,(H,20,23)(H,21,22);3H,2,5H2,1H3,(H,6,7). The number of carbonyl (C=O) groups is 3. The molecule has 1 aliphatic carbocycles. The summed E-state index contributed by atoms with van der Waals surface area (Å²) < 4.78 is 5.31. The van der Waals surface area contributed by atoms with Gasteiger partial charge in [-0.05, 0) is 35.1 Å². The molecule has 2 aromatic rings. The van der Waals surface area contributed by atoms with Crippen molar-refractivity contribution in [3.63, 3.8) is 0 Å². The van der Waals surface area contributed by atoms with Crippen molar-refractivity contribution in [2.75, 3.05) is 6.61 Å². The molecule has 2 atom stereocenters. The molecule has 3 rings (SSSR count). The number of nitrogens with one attached hydrogen (secondary N) is 1. The van der Waals surface area contributed by atoms with Crippen molar-refractivity contribution < 1.29 is 29.3 Å². The maximum Gasteiger partial charge on any atom is 0.407 e. The van der Waals surface area contributed by atoms with Crippen LogP contribution < -0.4 is 11.1 Å². The Labute approximate surface area is 181 Å². The molecule has 0 aromatic heterocycles. The van der Waals surface area contributed by atoms with E-state index in [1.807, 2.05) is 36.4 Å². The van der Waals surface area contributed by atoms with Crippen molar-refractivity contribution >= 4 is 18.0 Å². The highest BCUT2D eigenvalue weighted by atomic mass is 16.5. The minimum atomic E-state index is -1.06. The second-order valence-electron chi connectivity index (χ2n) is 7.12. The lowest BCUT2D eigenvalue weighted by atomic mass is 9.98. The van der Waals surface area contributed by atoms with Gasteiger partial charge in [0, 0.05) is 5.92 Å². The third-order valence-electron chi connectivity index (χ3n) is 5.10. The lowest BCUT2D eigenvalue weighted by Crippen LogP contribution is -2.40. The molecule has 166 valence electrons. The maximum atomic E-state index is 11.9. The van der Waals surface area contributed by atoms with Gasteiger partial charge in [0.25, 0.3) is 0 Å². The van der Waals surface area contributed by atoms with E-state index in [1.54, 1.807) is 13.8 Å². The van der Waals surface area contributed by atoms with Crippen molar-refractivity contribution in [1.29, 1.82) is 0 Å². The molecule has 31 heavy (non-hydrogen) atoms. The lowest BCUT2D eigenvalue weighted by Gasteiger charge is -2.16. The fourth-order valence-corrected chi connectivity index (χ4v) is 3.30. The van der Waals surface area contributed by atoms with E-state index in [0.717, 1.165) is 22.3 Å². The molecule has 1 amide bonds. The molecule has 0 spiro atoms. The lowest BCUT2D eigenvalue weighted by molar-refractivity contribution is -0.140. The van der Waals surface area contributed by atoms with Gasteiger partial charge in [-0.1, -0.05) is 62.4 Å². The number of benzene rings is 2. The zero-order valence-corrected chi connectivity index (χ0v) is 17.6. The van der Waals surface area contributed by atoms with E-state index in [4.69, 9.17) is 20.7 Å². The highest BCUT2D eigenvalue weighted by Gasteiger charge is 2.29. The van der Waals surface area contributed by atoms with Crippen LogP contribution in [0, 0.1) is 0 Å². The van der Waals surface area contributed by atoms with Crippen LogP contribution in [-0.2, 0) is 14.3 Å². The molecule has 0 saturated heterocycles. The Bertz CT molecular complexity index is 884. The molecule has 0 radical (unpaired) electrons. The number of carboxylic acids is 2. The molecule has 0 fully saturated rings. The SMILES string of the molecule is CCC(N)C(=O)O.CCC(NC(=O)OCC1c2ccccc2-c2ccccc21)C(=O)O. The largest absolute Gasteiger partial charge is 0.480 e. The molecule has 8 heteroatoms. The molecule has 5 N–H and O–H groups in total. The summed E-state index contributed by atoms with van der Waals surface area (Å²) in [5.74, 6) is -2.03. The van der Waals surface area contributed by atoms with Crippen LogP contribution in [0.4, 0.5) is 4.79 Å². The van der Waals surface area contributed by atoms with Gasteiger partial charge in [0.15, 0.2) is 0 Å². The third-order valence-corrected chi connectivity index (χ3v) is 5.10. The van der Waals surface area contributed by atoms with E-state index < -0.39 is 30.1 Å². The molecular formula is C23H28N2O6. The summed E-state index contributed by atoms with van der Waals surface area (Å²) in [5.41, 5.74) is 9.56. The van der Waals surface area contributed by atoms with Gasteiger partial charge in [-0.15, -0.1) is 0 Å². The van der Waals surface area contributed by atoms with Gasteiger partial charge < -0.3 is 26.0 Å². The number of carbonyl (C=O) groups excluding carboxylic acids is 1. The molecule has 8 nitrogen and oxygen atoms in total. The Balaban J connectivity index is 0.000000423. The number of aliphatic carboxylic acids is 2. The van der Waals surface area contributed by atoms with E-state index in [-0.39, 0.29) is 12.5 Å². The summed E-state index contributed by atoms with van der Waals surface area (Å²) in [6.45, 7) is 3.61. The number of fused-ring (bicyclic) bond motifs is 3. The Morgan fingerprint density at radius 3 is 1.84 bits per heavy atom. The second kappa shape index (κ2) is 11.1. The number of hydrogen-bond donors (Lipinski definition) is 4. The van der Waals surface area contributed by atoms with Gasteiger partial charge in [-0.25, -0.2) is 9.59 Å². The first kappa shape index (κ1) is 23.9. The van der Waals surface area contributed by atoms with Crippen molar-refractivity contribution in [2.24, 2.45) is 5.73 Å². The number of alkyl carbamates (subject to hydrolysis) is 1. The van der Waals surface area contributed by atoms with Crippen LogP contribution in [0.2, 0.25) is 0 Å². The number of nitrogens with two attached hydrogens (primary N) is 1. The van der Waals surface area contributed by atoms with Crippen molar-refractivity contribution in [1.82, 2.24) is 5.32 Å². The first-order valence-corrected chi connectivity index (χ1v) is 10.1. The van der Waals surface area contributed by atoms with Crippen LogP contribution in [0.3, 0.4) is 0 Å². The number of rotatable bonds is 7. The molecule has 2 aromatic carbocycles. The fourth-order valence-electron chi connectivity index (χ4n) is 3.30. The van der Waals surface area contributed by atoms with Gasteiger partial charge in [0.05, 0.1) is 0 Å². The van der Waals surface area contributed by atoms with Gasteiger partial charge in [0.1, 0.15) is 18.7 Å². The summed E-state index contributed by atoms with van der Waals surface area (Å²) in [5, 5.41) is 19.4. The van der Waals surface area contributed by atoms with Crippen molar-refractivity contribution in [3.8, 4) is 11.1 Å². The molecule has 0 saturated carbocycles. The minimum absolute atomic E-state index is 0.0342. The smallest absolute Gasteiger partial charge is 0.407 e. The number of hydrogen-bond acceptors (Lipinski definition) is 5. The van der Waals surface area contributed by atoms with E-state index >= 15 is 0 Å². The molecule has 0 bridgehead atoms. The summed E-state index contributed by atoms with van der Waals surface area (Å²) in [7, 11) is 0. The van der Waals surface area contributed by atoms with Gasteiger partial charge in [-0.3, -0.25) is 4.79 Å². The third kappa shape index (κ3) is 6.05. The number of ether oxygens (including phenoxy) is 1. The van der Waals surface area contributed by atoms with Crippen LogP contribution >= 0.6 is 0 Å². The molecule has 0 heterocycles. The Morgan fingerprint density at radius 2 is 1.45 bits per heavy atom. The topological polar surface area (TPSA) is 139 Å². The van der Waals surface area contributed by atoms with Gasteiger partial charge in [0.2, 0.25) is 0 Å². The molecule has 0 aliphatic heterocycles. The zero-order chi connectivity index (χ0) is 23.0. The second-order valence-corrected chi connectivity index (χ2v) is 7.12. The van der Waals surface area contributed by atoms with Crippen molar-refractivity contribution in [2.45, 2.75) is 44.7 Å². The first-order valence-electron chi connectivity index (χ1n) is 10.1. The van der Waals surface area contributed by atoms with Gasteiger partial charge >= 0.3 is 18.0 Å². The average molecular weight is 428 g/mol. The van der Waals surface area contributed by atoms with Crippen LogP contribution in [0.1, 0.15) is 43.7 Å². The van der Waals surface area contributed by atoms with E-state index in [2.05, 4.69) is 17.4 Å². The van der Waals surface area contributed by atoms with E-state index in [0.29, 0.717) is 12.8 Å². The highest BCUT2D eigenvalue weighted by Crippen LogP contribution is 2.44. The predicted molar refractivity (Wildman–Crippen MR) is 116 cm³/mol. The van der Waals surface area contributed by atoms with Crippen LogP contribution in [0.5, 0.6) is 0 Å². The van der Waals surface area contributed by atoms with E-state index in [9.17, 15) is 14.4 Å². The van der Waals surface area contributed by atoms with Crippen LogP contribution in [-0.4, -0.2) is 46.9 Å². The Hall–Kier alpha value is -3.39. The first-order chi connectivity index (χ1) is 14.8. The van der Waals surface area contributed by atoms with Crippen LogP contribution in [0.25, 0.3) is 11.1 Å². The summed E-state index contributed by atoms with van der Waals surface area (Å²) in [6, 6.07) is 14.5.